The van der Waals surface area contributed by atoms with Crippen LogP contribution in [0.4, 0.5) is 0 Å². The van der Waals surface area contributed by atoms with E-state index in [0.29, 0.717) is 12.0 Å². The molecule has 1 N–H and O–H groups in total. The molecule has 0 spiro atoms. The Balaban J connectivity index is 1.90. The summed E-state index contributed by atoms with van der Waals surface area (Å²) in [5.41, 5.74) is 4.26. The van der Waals surface area contributed by atoms with Crippen LogP contribution in [0.3, 0.4) is 0 Å². The third-order valence-electron chi connectivity index (χ3n) is 4.44. The maximum absolute atomic E-state index is 3.78. The largest absolute Gasteiger partial charge is 0.309 e. The first kappa shape index (κ1) is 19.7. The number of hydrogen-bond donors (Lipinski definition) is 1. The first-order valence-corrected chi connectivity index (χ1v) is 9.53. The van der Waals surface area contributed by atoms with E-state index in [2.05, 4.69) is 92.8 Å². The zero-order valence-corrected chi connectivity index (χ0v) is 16.3. The van der Waals surface area contributed by atoms with Crippen LogP contribution in [-0.4, -0.2) is 31.6 Å². The van der Waals surface area contributed by atoms with E-state index in [0.717, 1.165) is 32.4 Å². The van der Waals surface area contributed by atoms with Crippen molar-refractivity contribution in [1.29, 1.82) is 0 Å². The van der Waals surface area contributed by atoms with Gasteiger partial charge in [-0.3, -0.25) is 0 Å². The minimum Gasteiger partial charge on any atom is -0.309 e. The van der Waals surface area contributed by atoms with Gasteiger partial charge >= 0.3 is 0 Å². The van der Waals surface area contributed by atoms with E-state index in [1.165, 1.54) is 16.7 Å². The Hall–Kier alpha value is -1.64. The molecule has 136 valence electrons. The number of nitrogens with zero attached hydrogens (tertiary/aromatic N) is 1. The maximum atomic E-state index is 3.78. The lowest BCUT2D eigenvalue weighted by Gasteiger charge is -2.23. The van der Waals surface area contributed by atoms with Crippen molar-refractivity contribution >= 4 is 0 Å². The van der Waals surface area contributed by atoms with Gasteiger partial charge in [0.2, 0.25) is 0 Å². The topological polar surface area (TPSA) is 15.3 Å². The summed E-state index contributed by atoms with van der Waals surface area (Å²) in [5.74, 6) is 0.704. The van der Waals surface area contributed by atoms with Crippen LogP contribution in [0.5, 0.6) is 0 Å². The molecule has 0 unspecified atom stereocenters. The molecule has 2 aromatic rings. The normalized spacial score (nSPS) is 12.7. The van der Waals surface area contributed by atoms with E-state index in [9.17, 15) is 0 Å². The van der Waals surface area contributed by atoms with Gasteiger partial charge in [0, 0.05) is 19.1 Å². The first-order chi connectivity index (χ1) is 12.0. The molecule has 0 bridgehead atoms. The van der Waals surface area contributed by atoms with Crippen molar-refractivity contribution in [3.05, 3.63) is 71.3 Å². The highest BCUT2D eigenvalue weighted by Crippen LogP contribution is 2.12. The van der Waals surface area contributed by atoms with Gasteiger partial charge in [0.05, 0.1) is 0 Å². The number of benzene rings is 2. The predicted molar refractivity (Wildman–Crippen MR) is 109 cm³/mol. The first-order valence-electron chi connectivity index (χ1n) is 9.53. The highest BCUT2D eigenvalue weighted by Gasteiger charge is 2.10. The number of nitrogens with one attached hydrogen (secondary N) is 1. The summed E-state index contributed by atoms with van der Waals surface area (Å²) in [5, 5.41) is 3.78. The lowest BCUT2D eigenvalue weighted by Crippen LogP contribution is -2.38. The quantitative estimate of drug-likeness (QED) is 0.684. The Bertz CT molecular complexity index is 604. The van der Waals surface area contributed by atoms with Gasteiger partial charge in [-0.05, 0) is 56.0 Å². The van der Waals surface area contributed by atoms with E-state index in [1.54, 1.807) is 0 Å². The van der Waals surface area contributed by atoms with E-state index in [1.807, 2.05) is 0 Å². The molecule has 2 aromatic carbocycles. The SMILES string of the molecule is CC(C)Cc1cccc(CN[C@@H](CCc2ccccc2)CN(C)C)c1. The molecule has 0 amide bonds. The summed E-state index contributed by atoms with van der Waals surface area (Å²) in [6.45, 7) is 6.57. The fourth-order valence-corrected chi connectivity index (χ4v) is 3.28. The van der Waals surface area contributed by atoms with Crippen molar-refractivity contribution in [3.63, 3.8) is 0 Å². The zero-order chi connectivity index (χ0) is 18.1. The average Bonchev–Trinajstić information content (AvgIpc) is 2.57. The van der Waals surface area contributed by atoms with Crippen LogP contribution in [-0.2, 0) is 19.4 Å². The van der Waals surface area contributed by atoms with Crippen molar-refractivity contribution in [2.24, 2.45) is 5.92 Å². The Kier molecular flexibility index (Phi) is 8.17. The number of likely N-dealkylation sites (N-methyl/N-ethyl adjacent to an activating group) is 1. The highest BCUT2D eigenvalue weighted by molar-refractivity contribution is 5.24. The van der Waals surface area contributed by atoms with Crippen LogP contribution >= 0.6 is 0 Å². The molecule has 2 rings (SSSR count). The number of rotatable bonds is 10. The standard InChI is InChI=1S/C23H34N2/c1-19(2)15-21-11-8-12-22(16-21)17-24-23(18-25(3)4)14-13-20-9-6-5-7-10-20/h5-12,16,19,23-24H,13-15,17-18H2,1-4H3/t23-/m0/s1. The third kappa shape index (κ3) is 7.85. The fourth-order valence-electron chi connectivity index (χ4n) is 3.28. The molecule has 1 atom stereocenters. The molecule has 0 saturated heterocycles. The van der Waals surface area contributed by atoms with Gasteiger partial charge in [-0.15, -0.1) is 0 Å². The molecule has 0 radical (unpaired) electrons. The summed E-state index contributed by atoms with van der Waals surface area (Å²) in [7, 11) is 4.31. The van der Waals surface area contributed by atoms with Gasteiger partial charge in [0.1, 0.15) is 0 Å². The zero-order valence-electron chi connectivity index (χ0n) is 16.3. The van der Waals surface area contributed by atoms with Crippen LogP contribution < -0.4 is 5.32 Å². The van der Waals surface area contributed by atoms with Gasteiger partial charge in [0.15, 0.2) is 0 Å². The number of hydrogen-bond acceptors (Lipinski definition) is 2. The fraction of sp³-hybridized carbons (Fsp3) is 0.478. The van der Waals surface area contributed by atoms with Crippen LogP contribution in [0.1, 0.15) is 37.0 Å². The second-order valence-electron chi connectivity index (χ2n) is 7.78. The van der Waals surface area contributed by atoms with Gasteiger partial charge in [-0.2, -0.15) is 0 Å². The molecule has 0 heterocycles. The van der Waals surface area contributed by atoms with Crippen molar-refractivity contribution < 1.29 is 0 Å². The highest BCUT2D eigenvalue weighted by atomic mass is 15.1. The molecule has 0 aliphatic carbocycles. The van der Waals surface area contributed by atoms with Crippen molar-refractivity contribution in [2.45, 2.75) is 45.7 Å². The summed E-state index contributed by atoms with van der Waals surface area (Å²) < 4.78 is 0. The average molecular weight is 339 g/mol. The lowest BCUT2D eigenvalue weighted by atomic mass is 10.0. The molecule has 0 aliphatic rings. The Morgan fingerprint density at radius 1 is 0.880 bits per heavy atom. The van der Waals surface area contributed by atoms with Gasteiger partial charge in [-0.1, -0.05) is 68.4 Å². The van der Waals surface area contributed by atoms with Gasteiger partial charge in [-0.25, -0.2) is 0 Å². The maximum Gasteiger partial charge on any atom is 0.0208 e. The minimum atomic E-state index is 0.504. The molecular weight excluding hydrogens is 304 g/mol. The molecule has 2 nitrogen and oxygen atoms in total. The summed E-state index contributed by atoms with van der Waals surface area (Å²) >= 11 is 0. The summed E-state index contributed by atoms with van der Waals surface area (Å²) in [6, 6.07) is 20.3. The van der Waals surface area contributed by atoms with Gasteiger partial charge in [0.25, 0.3) is 0 Å². The third-order valence-corrected chi connectivity index (χ3v) is 4.44. The predicted octanol–water partition coefficient (Wildman–Crippen LogP) is 4.54. The molecule has 0 saturated carbocycles. The molecule has 0 aliphatic heterocycles. The Morgan fingerprint density at radius 3 is 2.24 bits per heavy atom. The second-order valence-corrected chi connectivity index (χ2v) is 7.78. The molecule has 2 heteroatoms. The van der Waals surface area contributed by atoms with Crippen molar-refractivity contribution in [3.8, 4) is 0 Å². The van der Waals surface area contributed by atoms with Crippen molar-refractivity contribution in [1.82, 2.24) is 10.2 Å². The van der Waals surface area contributed by atoms with E-state index >= 15 is 0 Å². The van der Waals surface area contributed by atoms with E-state index in [-0.39, 0.29) is 0 Å². The van der Waals surface area contributed by atoms with Gasteiger partial charge < -0.3 is 10.2 Å². The van der Waals surface area contributed by atoms with Crippen LogP contribution in [0.2, 0.25) is 0 Å². The van der Waals surface area contributed by atoms with E-state index in [4.69, 9.17) is 0 Å². The molecule has 0 aromatic heterocycles. The van der Waals surface area contributed by atoms with Crippen molar-refractivity contribution in [2.75, 3.05) is 20.6 Å². The second kappa shape index (κ2) is 10.4. The molecular formula is C23H34N2. The monoisotopic (exact) mass is 338 g/mol. The molecule has 0 fully saturated rings. The summed E-state index contributed by atoms with van der Waals surface area (Å²) in [6.07, 6.45) is 3.44. The van der Waals surface area contributed by atoms with Crippen LogP contribution in [0.25, 0.3) is 0 Å². The minimum absolute atomic E-state index is 0.504. The molecule has 25 heavy (non-hydrogen) atoms. The van der Waals surface area contributed by atoms with Crippen LogP contribution in [0.15, 0.2) is 54.6 Å². The Labute approximate surface area is 154 Å². The van der Waals surface area contributed by atoms with Crippen LogP contribution in [0, 0.1) is 5.92 Å². The van der Waals surface area contributed by atoms with E-state index < -0.39 is 0 Å². The smallest absolute Gasteiger partial charge is 0.0208 e. The number of aryl methyl sites for hydroxylation is 1. The Morgan fingerprint density at radius 2 is 1.56 bits per heavy atom. The summed E-state index contributed by atoms with van der Waals surface area (Å²) in [4.78, 5) is 2.28. The lowest BCUT2D eigenvalue weighted by molar-refractivity contribution is 0.325.